The molecule has 1 fully saturated rings. The minimum absolute atomic E-state index is 0.0779. The molecule has 0 radical (unpaired) electrons. The van der Waals surface area contributed by atoms with Crippen molar-refractivity contribution in [2.75, 3.05) is 18.5 Å². The summed E-state index contributed by atoms with van der Waals surface area (Å²) in [5.41, 5.74) is 1.77. The number of amides is 1. The molecule has 7 nitrogen and oxygen atoms in total. The van der Waals surface area contributed by atoms with Crippen LogP contribution in [0.1, 0.15) is 41.6 Å². The lowest BCUT2D eigenvalue weighted by Gasteiger charge is -2.36. The average molecular weight is 405 g/mol. The third-order valence-corrected chi connectivity index (χ3v) is 5.67. The van der Waals surface area contributed by atoms with Gasteiger partial charge in [-0.3, -0.25) is 14.5 Å². The van der Waals surface area contributed by atoms with Crippen molar-refractivity contribution in [3.8, 4) is 0 Å². The van der Waals surface area contributed by atoms with Gasteiger partial charge in [0.15, 0.2) is 0 Å². The summed E-state index contributed by atoms with van der Waals surface area (Å²) in [6.45, 7) is 2.36. The second-order valence-corrected chi connectivity index (χ2v) is 7.83. The van der Waals surface area contributed by atoms with Crippen molar-refractivity contribution in [2.24, 2.45) is 0 Å². The number of piperidine rings is 1. The minimum atomic E-state index is 0.0779. The molecule has 0 saturated carbocycles. The lowest BCUT2D eigenvalue weighted by atomic mass is 9.98. The Hall–Kier alpha value is -3.22. The first-order chi connectivity index (χ1) is 14.7. The number of aromatic nitrogens is 4. The maximum Gasteiger partial charge on any atom is 0.255 e. The molecule has 1 atom stereocenters. The van der Waals surface area contributed by atoms with E-state index in [-0.39, 0.29) is 11.9 Å². The van der Waals surface area contributed by atoms with Crippen LogP contribution in [0, 0.1) is 0 Å². The molecule has 3 aromatic heterocycles. The molecule has 1 aliphatic heterocycles. The lowest BCUT2D eigenvalue weighted by molar-refractivity contribution is 0.0593. The molecule has 3 aromatic rings. The Morgan fingerprint density at radius 2 is 2.10 bits per heavy atom. The van der Waals surface area contributed by atoms with E-state index in [1.165, 1.54) is 6.42 Å². The highest BCUT2D eigenvalue weighted by Gasteiger charge is 2.27. The Morgan fingerprint density at radius 1 is 1.17 bits per heavy atom. The van der Waals surface area contributed by atoms with Crippen molar-refractivity contribution >= 4 is 11.7 Å². The van der Waals surface area contributed by atoms with E-state index in [2.05, 4.69) is 20.0 Å². The number of carbonyl (C=O) groups excluding carboxylic acids is 1. The van der Waals surface area contributed by atoms with Crippen LogP contribution in [0.5, 0.6) is 0 Å². The number of aryl methyl sites for hydroxylation is 1. The van der Waals surface area contributed by atoms with Gasteiger partial charge in [0.2, 0.25) is 0 Å². The van der Waals surface area contributed by atoms with Gasteiger partial charge in [0.25, 0.3) is 5.91 Å². The van der Waals surface area contributed by atoms with Crippen molar-refractivity contribution in [3.63, 3.8) is 0 Å². The Kier molecular flexibility index (Phi) is 6.37. The van der Waals surface area contributed by atoms with Gasteiger partial charge in [0, 0.05) is 63.7 Å². The van der Waals surface area contributed by atoms with E-state index in [1.807, 2.05) is 59.4 Å². The number of anilines is 1. The number of rotatable bonds is 7. The molecule has 1 unspecified atom stereocenters. The number of hydrogen-bond acceptors (Lipinski definition) is 5. The summed E-state index contributed by atoms with van der Waals surface area (Å²) in [4.78, 5) is 26.0. The van der Waals surface area contributed by atoms with Gasteiger partial charge in [-0.25, -0.2) is 4.98 Å². The fourth-order valence-electron chi connectivity index (χ4n) is 4.03. The number of pyridine rings is 2. The number of hydrogen-bond donors (Lipinski definition) is 0. The highest BCUT2D eigenvalue weighted by molar-refractivity contribution is 5.94. The normalized spacial score (nSPS) is 16.4. The summed E-state index contributed by atoms with van der Waals surface area (Å²) < 4.78 is 1.94. The summed E-state index contributed by atoms with van der Waals surface area (Å²) in [6.07, 6.45) is 13.3. The molecular formula is C23H28N6O. The predicted octanol–water partition coefficient (Wildman–Crippen LogP) is 3.39. The molecule has 0 bridgehead atoms. The maximum absolute atomic E-state index is 13.2. The van der Waals surface area contributed by atoms with E-state index in [9.17, 15) is 4.79 Å². The standard InChI is InChI=1S/C23H28N6O/c1-27(18-19-6-4-11-24-16-19)22-9-8-20(17-25-22)23(30)29-14-3-2-7-21(29)10-15-28-13-5-12-26-28/h4-6,8-9,11-13,16-17,21H,2-3,7,10,14-15,18H2,1H3. The fraction of sp³-hybridized carbons (Fsp3) is 0.391. The molecule has 156 valence electrons. The second kappa shape index (κ2) is 9.52. The van der Waals surface area contributed by atoms with Crippen molar-refractivity contribution in [3.05, 3.63) is 72.4 Å². The van der Waals surface area contributed by atoms with Gasteiger partial charge in [0.1, 0.15) is 5.82 Å². The smallest absolute Gasteiger partial charge is 0.255 e. The third-order valence-electron chi connectivity index (χ3n) is 5.67. The van der Waals surface area contributed by atoms with E-state index in [4.69, 9.17) is 0 Å². The quantitative estimate of drug-likeness (QED) is 0.604. The van der Waals surface area contributed by atoms with Crippen LogP contribution < -0.4 is 4.90 Å². The van der Waals surface area contributed by atoms with E-state index in [0.717, 1.165) is 50.3 Å². The van der Waals surface area contributed by atoms with Crippen molar-refractivity contribution in [1.29, 1.82) is 0 Å². The van der Waals surface area contributed by atoms with Crippen LogP contribution in [0.15, 0.2) is 61.3 Å². The number of likely N-dealkylation sites (tertiary alicyclic amines) is 1. The summed E-state index contributed by atoms with van der Waals surface area (Å²) >= 11 is 0. The SMILES string of the molecule is CN(Cc1cccnc1)c1ccc(C(=O)N2CCCCC2CCn2cccn2)cn1. The molecule has 0 spiro atoms. The second-order valence-electron chi connectivity index (χ2n) is 7.83. The molecule has 30 heavy (non-hydrogen) atoms. The van der Waals surface area contributed by atoms with Crippen LogP contribution >= 0.6 is 0 Å². The maximum atomic E-state index is 13.2. The topological polar surface area (TPSA) is 67.2 Å². The third kappa shape index (κ3) is 4.84. The molecule has 0 aromatic carbocycles. The average Bonchev–Trinajstić information content (AvgIpc) is 3.32. The van der Waals surface area contributed by atoms with Gasteiger partial charge in [-0.2, -0.15) is 5.10 Å². The predicted molar refractivity (Wildman–Crippen MR) is 116 cm³/mol. The molecule has 1 amide bonds. The van der Waals surface area contributed by atoms with Crippen LogP contribution in [0.2, 0.25) is 0 Å². The molecule has 1 saturated heterocycles. The fourth-order valence-corrected chi connectivity index (χ4v) is 4.03. The monoisotopic (exact) mass is 404 g/mol. The molecule has 4 rings (SSSR count). The Morgan fingerprint density at radius 3 is 2.83 bits per heavy atom. The molecular weight excluding hydrogens is 376 g/mol. The van der Waals surface area contributed by atoms with Crippen LogP contribution in [0.4, 0.5) is 5.82 Å². The zero-order chi connectivity index (χ0) is 20.8. The minimum Gasteiger partial charge on any atom is -0.355 e. The number of carbonyl (C=O) groups is 1. The highest BCUT2D eigenvalue weighted by atomic mass is 16.2. The first-order valence-electron chi connectivity index (χ1n) is 10.6. The molecule has 4 heterocycles. The largest absolute Gasteiger partial charge is 0.355 e. The van der Waals surface area contributed by atoms with Gasteiger partial charge in [-0.05, 0) is 55.5 Å². The first kappa shape index (κ1) is 20.1. The number of nitrogens with zero attached hydrogens (tertiary/aromatic N) is 6. The Balaban J connectivity index is 1.40. The summed E-state index contributed by atoms with van der Waals surface area (Å²) in [6, 6.07) is 9.97. The van der Waals surface area contributed by atoms with Gasteiger partial charge < -0.3 is 9.80 Å². The van der Waals surface area contributed by atoms with Crippen molar-refractivity contribution < 1.29 is 4.79 Å². The van der Waals surface area contributed by atoms with Gasteiger partial charge in [-0.15, -0.1) is 0 Å². The zero-order valence-electron chi connectivity index (χ0n) is 17.4. The molecule has 1 aliphatic rings. The Bertz CT molecular complexity index is 926. The summed E-state index contributed by atoms with van der Waals surface area (Å²) in [5.74, 6) is 0.915. The lowest BCUT2D eigenvalue weighted by Crippen LogP contribution is -2.44. The van der Waals surface area contributed by atoms with Crippen LogP contribution in [-0.4, -0.2) is 50.2 Å². The van der Waals surface area contributed by atoms with Gasteiger partial charge >= 0.3 is 0 Å². The molecule has 7 heteroatoms. The van der Waals surface area contributed by atoms with Crippen molar-refractivity contribution in [1.82, 2.24) is 24.6 Å². The van der Waals surface area contributed by atoms with Crippen LogP contribution in [0.25, 0.3) is 0 Å². The molecule has 0 N–H and O–H groups in total. The zero-order valence-corrected chi connectivity index (χ0v) is 17.4. The van der Waals surface area contributed by atoms with E-state index in [1.54, 1.807) is 18.6 Å². The summed E-state index contributed by atoms with van der Waals surface area (Å²) in [5, 5.41) is 4.28. The van der Waals surface area contributed by atoms with Crippen molar-refractivity contribution in [2.45, 2.75) is 44.8 Å². The van der Waals surface area contributed by atoms with E-state index < -0.39 is 0 Å². The first-order valence-corrected chi connectivity index (χ1v) is 10.6. The Labute approximate surface area is 177 Å². The van der Waals surface area contributed by atoms with Gasteiger partial charge in [-0.1, -0.05) is 6.07 Å². The van der Waals surface area contributed by atoms with Gasteiger partial charge in [0.05, 0.1) is 5.56 Å². The summed E-state index contributed by atoms with van der Waals surface area (Å²) in [7, 11) is 1.99. The molecule has 0 aliphatic carbocycles. The van der Waals surface area contributed by atoms with Crippen LogP contribution in [0.3, 0.4) is 0 Å². The highest BCUT2D eigenvalue weighted by Crippen LogP contribution is 2.23. The van der Waals surface area contributed by atoms with E-state index in [0.29, 0.717) is 5.56 Å². The van der Waals surface area contributed by atoms with E-state index >= 15 is 0 Å². The van der Waals surface area contributed by atoms with Crippen LogP contribution in [-0.2, 0) is 13.1 Å².